The van der Waals surface area contributed by atoms with Gasteiger partial charge in [-0.1, -0.05) is 13.8 Å². The molecule has 0 bridgehead atoms. The van der Waals surface area contributed by atoms with Crippen LogP contribution in [0, 0.1) is 5.92 Å². The lowest BCUT2D eigenvalue weighted by Crippen LogP contribution is -2.41. The second-order valence-corrected chi connectivity index (χ2v) is 5.28. The molecule has 1 saturated heterocycles. The molecule has 15 heavy (non-hydrogen) atoms. The summed E-state index contributed by atoms with van der Waals surface area (Å²) in [6, 6.07) is 0.376. The minimum atomic E-state index is 0. The molecule has 0 saturated carbocycles. The number of hydrogen-bond acceptors (Lipinski definition) is 3. The predicted octanol–water partition coefficient (Wildman–Crippen LogP) is 1.28. The first-order chi connectivity index (χ1) is 6.68. The number of amides is 1. The van der Waals surface area contributed by atoms with Gasteiger partial charge in [-0.15, -0.1) is 12.4 Å². The van der Waals surface area contributed by atoms with E-state index >= 15 is 0 Å². The van der Waals surface area contributed by atoms with Crippen molar-refractivity contribution >= 4 is 30.1 Å². The van der Waals surface area contributed by atoms with Crippen LogP contribution in [-0.2, 0) is 4.79 Å². The molecule has 1 unspecified atom stereocenters. The maximum atomic E-state index is 11.5. The van der Waals surface area contributed by atoms with Crippen LogP contribution in [0.4, 0.5) is 0 Å². The van der Waals surface area contributed by atoms with Crippen LogP contribution in [0.25, 0.3) is 0 Å². The molecule has 1 aliphatic rings. The first-order valence-electron chi connectivity index (χ1n) is 5.26. The molecule has 3 nitrogen and oxygen atoms in total. The van der Waals surface area contributed by atoms with Crippen molar-refractivity contribution in [3.05, 3.63) is 0 Å². The molecule has 0 aromatic heterocycles. The first-order valence-corrected chi connectivity index (χ1v) is 6.41. The van der Waals surface area contributed by atoms with Gasteiger partial charge in [-0.05, 0) is 5.92 Å². The Hall–Kier alpha value is 0.0700. The Morgan fingerprint density at radius 3 is 2.87 bits per heavy atom. The molecule has 1 aliphatic heterocycles. The van der Waals surface area contributed by atoms with Gasteiger partial charge in [0.25, 0.3) is 0 Å². The first kappa shape index (κ1) is 15.1. The number of halogens is 1. The third-order valence-corrected chi connectivity index (χ3v) is 3.27. The molecule has 0 aromatic carbocycles. The SMILES string of the molecule is CC(C)CNC(=O)CC1CSCCN1.Cl. The molecule has 1 rings (SSSR count). The van der Waals surface area contributed by atoms with Crippen molar-refractivity contribution in [1.82, 2.24) is 10.6 Å². The molecule has 1 fully saturated rings. The molecule has 1 atom stereocenters. The van der Waals surface area contributed by atoms with Gasteiger partial charge in [0.1, 0.15) is 0 Å². The Morgan fingerprint density at radius 2 is 2.33 bits per heavy atom. The van der Waals surface area contributed by atoms with E-state index in [1.807, 2.05) is 11.8 Å². The number of thioether (sulfide) groups is 1. The molecule has 5 heteroatoms. The molecule has 1 amide bonds. The summed E-state index contributed by atoms with van der Waals surface area (Å²) in [4.78, 5) is 11.5. The lowest BCUT2D eigenvalue weighted by Gasteiger charge is -2.22. The average Bonchev–Trinajstić information content (AvgIpc) is 2.16. The number of rotatable bonds is 4. The molecule has 0 aliphatic carbocycles. The lowest BCUT2D eigenvalue weighted by atomic mass is 10.2. The van der Waals surface area contributed by atoms with Crippen molar-refractivity contribution in [2.45, 2.75) is 26.3 Å². The Morgan fingerprint density at radius 1 is 1.60 bits per heavy atom. The van der Waals surface area contributed by atoms with Crippen molar-refractivity contribution < 1.29 is 4.79 Å². The van der Waals surface area contributed by atoms with E-state index in [-0.39, 0.29) is 18.3 Å². The Kier molecular flexibility index (Phi) is 8.29. The fraction of sp³-hybridized carbons (Fsp3) is 0.900. The van der Waals surface area contributed by atoms with E-state index in [1.165, 1.54) is 5.75 Å². The average molecular weight is 253 g/mol. The van der Waals surface area contributed by atoms with Crippen LogP contribution < -0.4 is 10.6 Å². The summed E-state index contributed by atoms with van der Waals surface area (Å²) in [6.07, 6.45) is 0.625. The largest absolute Gasteiger partial charge is 0.356 e. The van der Waals surface area contributed by atoms with Gasteiger partial charge in [0.15, 0.2) is 0 Å². The Bertz CT molecular complexity index is 184. The summed E-state index contributed by atoms with van der Waals surface area (Å²) in [5, 5.41) is 6.30. The van der Waals surface area contributed by atoms with Crippen LogP contribution in [0.15, 0.2) is 0 Å². The maximum absolute atomic E-state index is 11.5. The van der Waals surface area contributed by atoms with Gasteiger partial charge in [0, 0.05) is 37.1 Å². The summed E-state index contributed by atoms with van der Waals surface area (Å²) in [6.45, 7) is 6.04. The third kappa shape index (κ3) is 7.03. The van der Waals surface area contributed by atoms with E-state index in [9.17, 15) is 4.79 Å². The predicted molar refractivity (Wildman–Crippen MR) is 68.8 cm³/mol. The Balaban J connectivity index is 0.00000196. The summed E-state index contributed by atoms with van der Waals surface area (Å²) >= 11 is 1.93. The van der Waals surface area contributed by atoms with Crippen molar-refractivity contribution in [1.29, 1.82) is 0 Å². The molecule has 1 heterocycles. The monoisotopic (exact) mass is 252 g/mol. The highest BCUT2D eigenvalue weighted by Gasteiger charge is 2.16. The number of nitrogens with one attached hydrogen (secondary N) is 2. The normalized spacial score (nSPS) is 20.9. The van der Waals surface area contributed by atoms with E-state index in [0.717, 1.165) is 18.8 Å². The summed E-state index contributed by atoms with van der Waals surface area (Å²) in [7, 11) is 0. The fourth-order valence-corrected chi connectivity index (χ4v) is 2.31. The van der Waals surface area contributed by atoms with Gasteiger partial charge in [-0.25, -0.2) is 0 Å². The van der Waals surface area contributed by atoms with Crippen LogP contribution in [0.1, 0.15) is 20.3 Å². The molecule has 0 aromatic rings. The van der Waals surface area contributed by atoms with Crippen molar-refractivity contribution in [3.63, 3.8) is 0 Å². The highest BCUT2D eigenvalue weighted by atomic mass is 35.5. The summed E-state index contributed by atoms with van der Waals surface area (Å²) in [5.41, 5.74) is 0. The second kappa shape index (κ2) is 8.25. The molecule has 2 N–H and O–H groups in total. The maximum Gasteiger partial charge on any atom is 0.221 e. The fourth-order valence-electron chi connectivity index (χ4n) is 1.36. The zero-order chi connectivity index (χ0) is 10.4. The van der Waals surface area contributed by atoms with E-state index in [4.69, 9.17) is 0 Å². The van der Waals surface area contributed by atoms with Gasteiger partial charge < -0.3 is 10.6 Å². The summed E-state index contributed by atoms with van der Waals surface area (Å²) < 4.78 is 0. The quantitative estimate of drug-likeness (QED) is 0.792. The van der Waals surface area contributed by atoms with Gasteiger partial charge in [-0.2, -0.15) is 11.8 Å². The van der Waals surface area contributed by atoms with E-state index in [0.29, 0.717) is 18.4 Å². The van der Waals surface area contributed by atoms with Gasteiger partial charge in [0.2, 0.25) is 5.91 Å². The molecule has 90 valence electrons. The summed E-state index contributed by atoms with van der Waals surface area (Å²) in [5.74, 6) is 2.95. The highest BCUT2D eigenvalue weighted by molar-refractivity contribution is 7.99. The van der Waals surface area contributed by atoms with E-state index in [2.05, 4.69) is 24.5 Å². The minimum absolute atomic E-state index is 0. The molecule has 0 spiro atoms. The van der Waals surface area contributed by atoms with Crippen LogP contribution in [0.2, 0.25) is 0 Å². The van der Waals surface area contributed by atoms with Crippen LogP contribution in [0.3, 0.4) is 0 Å². The van der Waals surface area contributed by atoms with Gasteiger partial charge >= 0.3 is 0 Å². The van der Waals surface area contributed by atoms with Crippen molar-refractivity contribution in [3.8, 4) is 0 Å². The zero-order valence-electron chi connectivity index (χ0n) is 9.41. The number of hydrogen-bond donors (Lipinski definition) is 2. The minimum Gasteiger partial charge on any atom is -0.356 e. The molecular formula is C10H21ClN2OS. The van der Waals surface area contributed by atoms with Crippen molar-refractivity contribution in [2.75, 3.05) is 24.6 Å². The second-order valence-electron chi connectivity index (χ2n) is 4.13. The van der Waals surface area contributed by atoms with Gasteiger partial charge in [-0.3, -0.25) is 4.79 Å². The standard InChI is InChI=1S/C10H20N2OS.ClH/c1-8(2)6-12-10(13)5-9-7-14-4-3-11-9;/h8-9,11H,3-7H2,1-2H3,(H,12,13);1H. The van der Waals surface area contributed by atoms with E-state index < -0.39 is 0 Å². The highest BCUT2D eigenvalue weighted by Crippen LogP contribution is 2.09. The smallest absolute Gasteiger partial charge is 0.221 e. The number of carbonyl (C=O) groups excluding carboxylic acids is 1. The van der Waals surface area contributed by atoms with Crippen LogP contribution in [-0.4, -0.2) is 36.5 Å². The molecule has 0 radical (unpaired) electrons. The third-order valence-electron chi connectivity index (χ3n) is 2.14. The van der Waals surface area contributed by atoms with Crippen LogP contribution in [0.5, 0.6) is 0 Å². The van der Waals surface area contributed by atoms with Crippen molar-refractivity contribution in [2.24, 2.45) is 5.92 Å². The Labute approximate surface area is 103 Å². The number of carbonyl (C=O) groups is 1. The zero-order valence-corrected chi connectivity index (χ0v) is 11.0. The van der Waals surface area contributed by atoms with Gasteiger partial charge in [0.05, 0.1) is 0 Å². The molecular weight excluding hydrogens is 232 g/mol. The topological polar surface area (TPSA) is 41.1 Å². The van der Waals surface area contributed by atoms with E-state index in [1.54, 1.807) is 0 Å². The lowest BCUT2D eigenvalue weighted by molar-refractivity contribution is -0.121. The van der Waals surface area contributed by atoms with Crippen LogP contribution >= 0.6 is 24.2 Å².